The first kappa shape index (κ1) is 12.2. The number of sulfonamides is 1. The number of nitrogens with two attached hydrogens (primary N) is 1. The van der Waals surface area contributed by atoms with Gasteiger partial charge < -0.3 is 0 Å². The van der Waals surface area contributed by atoms with Crippen molar-refractivity contribution in [2.75, 3.05) is 0 Å². The summed E-state index contributed by atoms with van der Waals surface area (Å²) in [5.74, 6) is 0. The first-order valence-corrected chi connectivity index (χ1v) is 6.25. The third-order valence-corrected chi connectivity index (χ3v) is 3.08. The van der Waals surface area contributed by atoms with Crippen molar-refractivity contribution in [1.29, 1.82) is 0 Å². The van der Waals surface area contributed by atoms with Gasteiger partial charge in [-0.1, -0.05) is 0 Å². The molecule has 2 N–H and O–H groups in total. The minimum absolute atomic E-state index is 0.0578. The van der Waals surface area contributed by atoms with Crippen LogP contribution in [0.25, 0.3) is 5.69 Å². The van der Waals surface area contributed by atoms with Crippen LogP contribution in [0, 0.1) is 10.1 Å². The van der Waals surface area contributed by atoms with Crippen LogP contribution in [0.15, 0.2) is 41.6 Å². The summed E-state index contributed by atoms with van der Waals surface area (Å²) < 4.78 is 23.4. The molecule has 0 aliphatic carbocycles. The number of hydrogen-bond donors (Lipinski definition) is 1. The van der Waals surface area contributed by atoms with Crippen LogP contribution in [0.1, 0.15) is 0 Å². The van der Waals surface area contributed by atoms with Gasteiger partial charge >= 0.3 is 0 Å². The summed E-state index contributed by atoms with van der Waals surface area (Å²) >= 11 is 0. The predicted molar refractivity (Wildman–Crippen MR) is 61.6 cm³/mol. The van der Waals surface area contributed by atoms with E-state index in [0.717, 1.165) is 6.20 Å². The summed E-state index contributed by atoms with van der Waals surface area (Å²) in [4.78, 5) is 9.82. The summed E-state index contributed by atoms with van der Waals surface area (Å²) in [7, 11) is -3.80. The third kappa shape index (κ3) is 2.36. The number of primary sulfonamides is 1. The number of rotatable bonds is 3. The van der Waals surface area contributed by atoms with Crippen LogP contribution in [0.4, 0.5) is 5.69 Å². The van der Waals surface area contributed by atoms with Gasteiger partial charge in [-0.3, -0.25) is 10.1 Å². The second-order valence-corrected chi connectivity index (χ2v) is 5.00. The highest BCUT2D eigenvalue weighted by Gasteiger charge is 2.12. The van der Waals surface area contributed by atoms with E-state index in [9.17, 15) is 18.5 Å². The molecule has 2 rings (SSSR count). The maximum atomic E-state index is 11.1. The zero-order chi connectivity index (χ0) is 13.3. The van der Waals surface area contributed by atoms with Gasteiger partial charge in [0.05, 0.1) is 23.0 Å². The van der Waals surface area contributed by atoms with E-state index in [4.69, 9.17) is 5.14 Å². The van der Waals surface area contributed by atoms with Crippen LogP contribution in [0.3, 0.4) is 0 Å². The molecule has 0 aliphatic heterocycles. The van der Waals surface area contributed by atoms with Crippen molar-refractivity contribution in [2.45, 2.75) is 4.90 Å². The lowest BCUT2D eigenvalue weighted by molar-refractivity contribution is -0.384. The van der Waals surface area contributed by atoms with Gasteiger partial charge in [0.2, 0.25) is 10.0 Å². The minimum Gasteiger partial charge on any atom is -0.258 e. The zero-order valence-electron chi connectivity index (χ0n) is 8.92. The van der Waals surface area contributed by atoms with E-state index < -0.39 is 14.9 Å². The van der Waals surface area contributed by atoms with E-state index in [2.05, 4.69) is 5.10 Å². The lowest BCUT2D eigenvalue weighted by atomic mass is 10.3. The Labute approximate surface area is 102 Å². The molecule has 0 radical (unpaired) electrons. The second-order valence-electron chi connectivity index (χ2n) is 3.44. The SMILES string of the molecule is NS(=O)(=O)c1cnn(-c2ccc([N+](=O)[O-])cc2)c1. The molecule has 9 heteroatoms. The van der Waals surface area contributed by atoms with Crippen molar-refractivity contribution < 1.29 is 13.3 Å². The lowest BCUT2D eigenvalue weighted by Crippen LogP contribution is -2.11. The van der Waals surface area contributed by atoms with E-state index >= 15 is 0 Å². The quantitative estimate of drug-likeness (QED) is 0.639. The molecule has 94 valence electrons. The molecule has 2 aromatic rings. The molecule has 1 heterocycles. The van der Waals surface area contributed by atoms with E-state index in [1.54, 1.807) is 0 Å². The topological polar surface area (TPSA) is 121 Å². The predicted octanol–water partition coefficient (Wildman–Crippen LogP) is 0.428. The largest absolute Gasteiger partial charge is 0.269 e. The monoisotopic (exact) mass is 268 g/mol. The van der Waals surface area contributed by atoms with Crippen molar-refractivity contribution in [3.63, 3.8) is 0 Å². The molecule has 18 heavy (non-hydrogen) atoms. The van der Waals surface area contributed by atoms with Crippen molar-refractivity contribution >= 4 is 15.7 Å². The molecule has 1 aromatic carbocycles. The Hall–Kier alpha value is -2.26. The van der Waals surface area contributed by atoms with Gasteiger partial charge in [-0.05, 0) is 12.1 Å². The molecular formula is C9H8N4O4S. The molecule has 0 saturated heterocycles. The Morgan fingerprint density at radius 2 is 1.89 bits per heavy atom. The maximum absolute atomic E-state index is 11.1. The van der Waals surface area contributed by atoms with Gasteiger partial charge in [-0.15, -0.1) is 0 Å². The number of nitro groups is 1. The van der Waals surface area contributed by atoms with Crippen LogP contribution in [-0.2, 0) is 10.0 Å². The van der Waals surface area contributed by atoms with Crippen LogP contribution < -0.4 is 5.14 Å². The van der Waals surface area contributed by atoms with E-state index in [1.807, 2.05) is 0 Å². The molecule has 0 unspecified atom stereocenters. The first-order valence-electron chi connectivity index (χ1n) is 4.70. The van der Waals surface area contributed by atoms with Crippen LogP contribution >= 0.6 is 0 Å². The van der Waals surface area contributed by atoms with Gasteiger partial charge in [0.15, 0.2) is 0 Å². The minimum atomic E-state index is -3.80. The van der Waals surface area contributed by atoms with Crippen molar-refractivity contribution in [1.82, 2.24) is 9.78 Å². The smallest absolute Gasteiger partial charge is 0.258 e. The summed E-state index contributed by atoms with van der Waals surface area (Å²) in [5.41, 5.74) is 0.438. The summed E-state index contributed by atoms with van der Waals surface area (Å²) in [5, 5.41) is 19.2. The van der Waals surface area contributed by atoms with E-state index in [-0.39, 0.29) is 10.6 Å². The van der Waals surface area contributed by atoms with Gasteiger partial charge in [0.25, 0.3) is 5.69 Å². The fraction of sp³-hybridized carbons (Fsp3) is 0. The van der Waals surface area contributed by atoms with Crippen LogP contribution in [0.5, 0.6) is 0 Å². The lowest BCUT2D eigenvalue weighted by Gasteiger charge is -1.99. The Morgan fingerprint density at radius 1 is 1.28 bits per heavy atom. The highest BCUT2D eigenvalue weighted by Crippen LogP contribution is 2.15. The Morgan fingerprint density at radius 3 is 2.33 bits per heavy atom. The highest BCUT2D eigenvalue weighted by atomic mass is 32.2. The maximum Gasteiger partial charge on any atom is 0.269 e. The number of hydrogen-bond acceptors (Lipinski definition) is 5. The van der Waals surface area contributed by atoms with Gasteiger partial charge in [-0.25, -0.2) is 18.2 Å². The summed E-state index contributed by atoms with van der Waals surface area (Å²) in [6.07, 6.45) is 2.34. The van der Waals surface area contributed by atoms with Crippen molar-refractivity contribution in [3.8, 4) is 5.69 Å². The number of nitrogens with zero attached hydrogens (tertiary/aromatic N) is 3. The number of aromatic nitrogens is 2. The van der Waals surface area contributed by atoms with Gasteiger partial charge in [0.1, 0.15) is 4.90 Å². The van der Waals surface area contributed by atoms with Crippen molar-refractivity contribution in [3.05, 3.63) is 46.8 Å². The van der Waals surface area contributed by atoms with Crippen molar-refractivity contribution in [2.24, 2.45) is 5.14 Å². The zero-order valence-corrected chi connectivity index (χ0v) is 9.74. The molecular weight excluding hydrogens is 260 g/mol. The first-order chi connectivity index (χ1) is 8.38. The molecule has 0 fully saturated rings. The molecule has 0 amide bonds. The molecule has 0 saturated carbocycles. The Kier molecular flexibility index (Phi) is 2.85. The molecule has 8 nitrogen and oxygen atoms in total. The molecule has 0 bridgehead atoms. The van der Waals surface area contributed by atoms with E-state index in [1.165, 1.54) is 35.1 Å². The fourth-order valence-electron chi connectivity index (χ4n) is 1.32. The number of benzene rings is 1. The standard InChI is InChI=1S/C9H8N4O4S/c10-18(16,17)9-5-11-12(6-9)7-1-3-8(4-2-7)13(14)15/h1-6H,(H2,10,16,17). The fourth-order valence-corrected chi connectivity index (χ4v) is 1.76. The van der Waals surface area contributed by atoms with Crippen LogP contribution in [0.2, 0.25) is 0 Å². The Bertz CT molecular complexity index is 690. The van der Waals surface area contributed by atoms with E-state index in [0.29, 0.717) is 5.69 Å². The summed E-state index contributed by atoms with van der Waals surface area (Å²) in [6, 6.07) is 5.51. The number of nitro benzene ring substituents is 1. The molecule has 0 aliphatic rings. The third-order valence-electron chi connectivity index (χ3n) is 2.21. The average molecular weight is 268 g/mol. The summed E-state index contributed by atoms with van der Waals surface area (Å²) in [6.45, 7) is 0. The van der Waals surface area contributed by atoms with Gasteiger partial charge in [0, 0.05) is 12.1 Å². The second kappa shape index (κ2) is 4.20. The van der Waals surface area contributed by atoms with Crippen LogP contribution in [-0.4, -0.2) is 23.1 Å². The average Bonchev–Trinajstić information content (AvgIpc) is 2.78. The molecule has 0 atom stereocenters. The normalized spacial score (nSPS) is 11.4. The van der Waals surface area contributed by atoms with Gasteiger partial charge in [-0.2, -0.15) is 5.10 Å². The molecule has 0 spiro atoms. The Balaban J connectivity index is 2.38. The number of non-ortho nitro benzene ring substituents is 1. The molecule has 1 aromatic heterocycles. The highest BCUT2D eigenvalue weighted by molar-refractivity contribution is 7.89.